The van der Waals surface area contributed by atoms with Crippen LogP contribution in [0, 0.1) is 19.7 Å². The van der Waals surface area contributed by atoms with Crippen LogP contribution in [0.3, 0.4) is 0 Å². The largest absolute Gasteiger partial charge is 0.371 e. The van der Waals surface area contributed by atoms with E-state index in [1.54, 1.807) is 14.0 Å². The van der Waals surface area contributed by atoms with Crippen LogP contribution in [0.2, 0.25) is 0 Å². The Morgan fingerprint density at radius 3 is 2.56 bits per heavy atom. The zero-order valence-electron chi connectivity index (χ0n) is 10.8. The monoisotopic (exact) mass is 245 g/mol. The van der Waals surface area contributed by atoms with E-state index < -0.39 is 0 Å². The molecule has 94 valence electrons. The van der Waals surface area contributed by atoms with Crippen molar-refractivity contribution in [2.75, 3.05) is 12.4 Å². The van der Waals surface area contributed by atoms with Gasteiger partial charge < -0.3 is 5.32 Å². The molecule has 0 fully saturated rings. The van der Waals surface area contributed by atoms with Gasteiger partial charge in [0, 0.05) is 13.5 Å². The van der Waals surface area contributed by atoms with E-state index in [2.05, 4.69) is 15.3 Å². The second-order valence-electron chi connectivity index (χ2n) is 4.24. The van der Waals surface area contributed by atoms with Crippen molar-refractivity contribution in [2.24, 2.45) is 0 Å². The molecule has 4 heteroatoms. The van der Waals surface area contributed by atoms with Crippen molar-refractivity contribution in [1.29, 1.82) is 0 Å². The summed E-state index contributed by atoms with van der Waals surface area (Å²) in [4.78, 5) is 8.38. The Hall–Kier alpha value is -1.97. The Bertz CT molecular complexity index is 567. The minimum Gasteiger partial charge on any atom is -0.371 e. The van der Waals surface area contributed by atoms with Gasteiger partial charge in [0.25, 0.3) is 0 Å². The third-order valence-electron chi connectivity index (χ3n) is 2.91. The van der Waals surface area contributed by atoms with Gasteiger partial charge in [0.1, 0.15) is 5.82 Å². The van der Waals surface area contributed by atoms with E-state index in [1.165, 1.54) is 5.56 Å². The van der Waals surface area contributed by atoms with Gasteiger partial charge in [-0.3, -0.25) is 0 Å². The van der Waals surface area contributed by atoms with Gasteiger partial charge >= 0.3 is 0 Å². The lowest BCUT2D eigenvalue weighted by Crippen LogP contribution is -2.07. The van der Waals surface area contributed by atoms with Crippen LogP contribution in [-0.2, 0) is 6.42 Å². The van der Waals surface area contributed by atoms with Crippen LogP contribution in [-0.4, -0.2) is 17.0 Å². The van der Waals surface area contributed by atoms with Gasteiger partial charge in [-0.05, 0) is 25.0 Å². The number of nitrogens with zero attached hydrogens (tertiary/aromatic N) is 2. The molecule has 1 aromatic carbocycles. The average molecular weight is 245 g/mol. The first-order valence-electron chi connectivity index (χ1n) is 5.87. The smallest absolute Gasteiger partial charge is 0.186 e. The van der Waals surface area contributed by atoms with E-state index in [0.717, 1.165) is 5.56 Å². The van der Waals surface area contributed by atoms with Crippen molar-refractivity contribution in [1.82, 2.24) is 9.97 Å². The summed E-state index contributed by atoms with van der Waals surface area (Å²) in [7, 11) is 1.66. The molecule has 3 nitrogen and oxygen atoms in total. The topological polar surface area (TPSA) is 37.8 Å². The summed E-state index contributed by atoms with van der Waals surface area (Å²) in [5.74, 6) is 0.504. The summed E-state index contributed by atoms with van der Waals surface area (Å²) < 4.78 is 13.6. The third-order valence-corrected chi connectivity index (χ3v) is 2.91. The first kappa shape index (κ1) is 12.5. The third kappa shape index (κ3) is 2.47. The number of aryl methyl sites for hydroxylation is 2. The molecule has 0 spiro atoms. The molecule has 0 aliphatic heterocycles. The zero-order chi connectivity index (χ0) is 13.1. The lowest BCUT2D eigenvalue weighted by molar-refractivity contribution is 0.602. The Kier molecular flexibility index (Phi) is 3.55. The molecule has 0 amide bonds. The number of aromatic nitrogens is 2. The summed E-state index contributed by atoms with van der Waals surface area (Å²) in [6.45, 7) is 3.70. The van der Waals surface area contributed by atoms with Crippen LogP contribution >= 0.6 is 0 Å². The molecule has 0 unspecified atom stereocenters. The number of rotatable bonds is 3. The molecule has 0 aliphatic carbocycles. The van der Waals surface area contributed by atoms with Crippen LogP contribution in [0.15, 0.2) is 24.3 Å². The molecule has 18 heavy (non-hydrogen) atoms. The molecular weight excluding hydrogens is 229 g/mol. The number of benzene rings is 1. The fraction of sp³-hybridized carbons (Fsp3) is 0.286. The minimum absolute atomic E-state index is 0.256. The number of halogens is 1. The van der Waals surface area contributed by atoms with Crippen LogP contribution in [0.5, 0.6) is 0 Å². The van der Waals surface area contributed by atoms with Crippen molar-refractivity contribution in [2.45, 2.75) is 20.3 Å². The first-order chi connectivity index (χ1) is 8.61. The maximum absolute atomic E-state index is 13.6. The normalized spacial score (nSPS) is 10.4. The van der Waals surface area contributed by atoms with E-state index in [9.17, 15) is 4.39 Å². The number of anilines is 1. The molecule has 0 atom stereocenters. The lowest BCUT2D eigenvalue weighted by atomic mass is 10.1. The Morgan fingerprint density at radius 2 is 1.89 bits per heavy atom. The highest BCUT2D eigenvalue weighted by Crippen LogP contribution is 2.16. The minimum atomic E-state index is -0.383. The van der Waals surface area contributed by atoms with Crippen molar-refractivity contribution in [3.05, 3.63) is 52.7 Å². The summed E-state index contributed by atoms with van der Waals surface area (Å²) in [5, 5.41) is 2.75. The van der Waals surface area contributed by atoms with Crippen molar-refractivity contribution in [3.8, 4) is 0 Å². The molecule has 0 aliphatic rings. The van der Waals surface area contributed by atoms with Gasteiger partial charge in [0.05, 0.1) is 5.69 Å². The van der Waals surface area contributed by atoms with E-state index in [0.29, 0.717) is 17.9 Å². The molecular formula is C14H16FN3. The molecule has 1 heterocycles. The summed E-state index contributed by atoms with van der Waals surface area (Å²) in [6.07, 6.45) is 0.614. The van der Waals surface area contributed by atoms with Gasteiger partial charge in [0.15, 0.2) is 11.6 Å². The second-order valence-corrected chi connectivity index (χ2v) is 4.24. The molecule has 0 saturated carbocycles. The predicted molar refractivity (Wildman–Crippen MR) is 70.3 cm³/mol. The Balaban J connectivity index is 2.36. The Morgan fingerprint density at radius 1 is 1.17 bits per heavy atom. The molecule has 2 aromatic rings. The van der Waals surface area contributed by atoms with Crippen molar-refractivity contribution in [3.63, 3.8) is 0 Å². The standard InChI is InChI=1S/C14H16FN3/c1-9-6-4-5-7-11(9)8-12-17-10(2)13(15)14(16-3)18-12/h4-7H,8H2,1-3H3,(H,16,17,18). The second kappa shape index (κ2) is 5.12. The molecule has 0 bridgehead atoms. The molecule has 2 rings (SSSR count). The number of hydrogen-bond donors (Lipinski definition) is 1. The van der Waals surface area contributed by atoms with Gasteiger partial charge in [-0.2, -0.15) is 0 Å². The van der Waals surface area contributed by atoms with Gasteiger partial charge in [0.2, 0.25) is 0 Å². The maximum atomic E-state index is 13.6. The van der Waals surface area contributed by atoms with Crippen LogP contribution < -0.4 is 5.32 Å². The maximum Gasteiger partial charge on any atom is 0.186 e. The van der Waals surface area contributed by atoms with Crippen LogP contribution in [0.1, 0.15) is 22.6 Å². The number of nitrogens with one attached hydrogen (secondary N) is 1. The molecule has 1 aromatic heterocycles. The van der Waals surface area contributed by atoms with E-state index >= 15 is 0 Å². The lowest BCUT2D eigenvalue weighted by Gasteiger charge is -2.08. The summed E-state index contributed by atoms with van der Waals surface area (Å²) in [5.41, 5.74) is 2.72. The summed E-state index contributed by atoms with van der Waals surface area (Å²) >= 11 is 0. The van der Waals surface area contributed by atoms with Gasteiger partial charge in [-0.15, -0.1) is 0 Å². The fourth-order valence-corrected chi connectivity index (χ4v) is 1.84. The first-order valence-corrected chi connectivity index (χ1v) is 5.87. The van der Waals surface area contributed by atoms with Crippen LogP contribution in [0.25, 0.3) is 0 Å². The fourth-order valence-electron chi connectivity index (χ4n) is 1.84. The predicted octanol–water partition coefficient (Wildman–Crippen LogP) is 2.87. The molecule has 0 saturated heterocycles. The summed E-state index contributed by atoms with van der Waals surface area (Å²) in [6, 6.07) is 8.06. The van der Waals surface area contributed by atoms with Crippen molar-refractivity contribution >= 4 is 5.82 Å². The van der Waals surface area contributed by atoms with Gasteiger partial charge in [-0.25, -0.2) is 14.4 Å². The highest BCUT2D eigenvalue weighted by atomic mass is 19.1. The van der Waals surface area contributed by atoms with E-state index in [1.807, 2.05) is 31.2 Å². The highest BCUT2D eigenvalue weighted by molar-refractivity contribution is 5.38. The number of hydrogen-bond acceptors (Lipinski definition) is 3. The molecule has 0 radical (unpaired) electrons. The van der Waals surface area contributed by atoms with Gasteiger partial charge in [-0.1, -0.05) is 24.3 Å². The quantitative estimate of drug-likeness (QED) is 0.903. The van der Waals surface area contributed by atoms with Crippen molar-refractivity contribution < 1.29 is 4.39 Å². The zero-order valence-corrected chi connectivity index (χ0v) is 10.8. The molecule has 1 N–H and O–H groups in total. The van der Waals surface area contributed by atoms with E-state index in [4.69, 9.17) is 0 Å². The SMILES string of the molecule is CNc1nc(Cc2ccccc2C)nc(C)c1F. The Labute approximate surface area is 106 Å². The van der Waals surface area contributed by atoms with Crippen LogP contribution in [0.4, 0.5) is 10.2 Å². The average Bonchev–Trinajstić information content (AvgIpc) is 2.36. The highest BCUT2D eigenvalue weighted by Gasteiger charge is 2.11. The van der Waals surface area contributed by atoms with E-state index in [-0.39, 0.29) is 11.6 Å².